The zero-order valence-corrected chi connectivity index (χ0v) is 19.7. The normalized spacial score (nSPS) is 19.9. The zero-order valence-electron chi connectivity index (χ0n) is 16.5. The first kappa shape index (κ1) is 21.7. The average Bonchev–Trinajstić information content (AvgIpc) is 3.21. The van der Waals surface area contributed by atoms with E-state index in [1.165, 1.54) is 0 Å². The van der Waals surface area contributed by atoms with Gasteiger partial charge in [-0.05, 0) is 74.4 Å². The van der Waals surface area contributed by atoms with Crippen molar-refractivity contribution in [1.29, 1.82) is 0 Å². The van der Waals surface area contributed by atoms with E-state index in [0.29, 0.717) is 5.75 Å². The molecule has 3 atom stereocenters. The molecule has 0 radical (unpaired) electrons. The molecule has 1 aliphatic rings. The van der Waals surface area contributed by atoms with Crippen molar-refractivity contribution in [2.45, 2.75) is 26.9 Å². The highest BCUT2D eigenvalue weighted by atomic mass is 79.9. The van der Waals surface area contributed by atoms with Crippen LogP contribution in [0.25, 0.3) is 0 Å². The minimum atomic E-state index is -0.639. The molecule has 0 aliphatic heterocycles. The van der Waals surface area contributed by atoms with E-state index >= 15 is 0 Å². The Morgan fingerprint density at radius 3 is 2.45 bits per heavy atom. The molecule has 3 rings (SSSR count). The van der Waals surface area contributed by atoms with E-state index in [4.69, 9.17) is 9.47 Å². The molecule has 2 aromatic rings. The predicted octanol–water partition coefficient (Wildman–Crippen LogP) is 6.99. The Morgan fingerprint density at radius 2 is 1.79 bits per heavy atom. The fraction of sp³-hybridized carbons (Fsp3) is 0.292. The molecule has 29 heavy (non-hydrogen) atoms. The molecular weight excluding hydrogens is 496 g/mol. The zero-order chi connectivity index (χ0) is 21.0. The molecule has 0 heterocycles. The van der Waals surface area contributed by atoms with Gasteiger partial charge in [0, 0.05) is 5.56 Å². The van der Waals surface area contributed by atoms with Crippen LogP contribution in [0.1, 0.15) is 32.4 Å². The van der Waals surface area contributed by atoms with Gasteiger partial charge in [-0.1, -0.05) is 56.2 Å². The molecule has 1 fully saturated rings. The maximum atomic E-state index is 12.9. The average molecular weight is 518 g/mol. The Kier molecular flexibility index (Phi) is 6.87. The molecule has 1 saturated carbocycles. The quantitative estimate of drug-likeness (QED) is 0.306. The van der Waals surface area contributed by atoms with Crippen LogP contribution in [0.2, 0.25) is 0 Å². The van der Waals surface area contributed by atoms with Crippen LogP contribution in [-0.4, -0.2) is 5.97 Å². The molecular formula is C24H22Br2O3. The largest absolute Gasteiger partial charge is 0.457 e. The highest BCUT2D eigenvalue weighted by Gasteiger charge is 2.61. The van der Waals surface area contributed by atoms with Gasteiger partial charge in [0.05, 0.1) is 9.31 Å². The topological polar surface area (TPSA) is 35.5 Å². The summed E-state index contributed by atoms with van der Waals surface area (Å²) in [6.07, 6.45) is 1.36. The van der Waals surface area contributed by atoms with Crippen molar-refractivity contribution in [3.8, 4) is 23.3 Å². The Balaban J connectivity index is 1.76. The molecule has 3 nitrogen and oxygen atoms in total. The molecule has 0 aromatic heterocycles. The summed E-state index contributed by atoms with van der Waals surface area (Å²) >= 11 is 6.76. The molecule has 0 bridgehead atoms. The lowest BCUT2D eigenvalue weighted by Gasteiger charge is -2.15. The van der Waals surface area contributed by atoms with E-state index in [-0.39, 0.29) is 23.2 Å². The number of para-hydroxylation sites is 1. The van der Waals surface area contributed by atoms with Crippen molar-refractivity contribution in [2.75, 3.05) is 0 Å². The highest BCUT2D eigenvalue weighted by molar-refractivity contribution is 9.28. The lowest BCUT2D eigenvalue weighted by Crippen LogP contribution is -2.14. The van der Waals surface area contributed by atoms with Crippen molar-refractivity contribution in [1.82, 2.24) is 0 Å². The first-order valence-electron chi connectivity index (χ1n) is 9.31. The van der Waals surface area contributed by atoms with Gasteiger partial charge in [-0.2, -0.15) is 0 Å². The van der Waals surface area contributed by atoms with Crippen LogP contribution >= 0.6 is 31.9 Å². The SMILES string of the molecule is CC#CC(OC(=O)[C@@H]1[C@H](C=C(Br)Br)C1(C)C)c1cccc(Oc2ccccc2)c1. The number of esters is 1. The number of carbonyl (C=O) groups is 1. The van der Waals surface area contributed by atoms with E-state index in [1.54, 1.807) is 6.92 Å². The summed E-state index contributed by atoms with van der Waals surface area (Å²) in [6.45, 7) is 5.87. The lowest BCUT2D eigenvalue weighted by molar-refractivity contribution is -0.149. The van der Waals surface area contributed by atoms with Gasteiger partial charge in [0.15, 0.2) is 6.10 Å². The molecule has 0 saturated heterocycles. The number of ether oxygens (including phenoxy) is 2. The third-order valence-corrected chi connectivity index (χ3v) is 5.65. The molecule has 5 heteroatoms. The van der Waals surface area contributed by atoms with Gasteiger partial charge in [-0.25, -0.2) is 0 Å². The van der Waals surface area contributed by atoms with Gasteiger partial charge in [0.2, 0.25) is 0 Å². The smallest absolute Gasteiger partial charge is 0.311 e. The number of hydrogen-bond donors (Lipinski definition) is 0. The van der Waals surface area contributed by atoms with Gasteiger partial charge < -0.3 is 9.47 Å². The summed E-state index contributed by atoms with van der Waals surface area (Å²) in [5.41, 5.74) is 0.639. The van der Waals surface area contributed by atoms with E-state index < -0.39 is 6.10 Å². The van der Waals surface area contributed by atoms with Crippen molar-refractivity contribution in [3.63, 3.8) is 0 Å². The third-order valence-electron chi connectivity index (χ3n) is 5.12. The standard InChI is InChI=1S/C24H22Br2O3/c1-4-9-20(29-23(27)22-19(15-21(25)26)24(22,2)3)16-10-8-13-18(14-16)28-17-11-6-5-7-12-17/h5-8,10-15,19-20,22H,1-3H3/t19-,20?,22-/m0/s1. The van der Waals surface area contributed by atoms with Crippen LogP contribution in [0, 0.1) is 29.1 Å². The number of carbonyl (C=O) groups excluding carboxylic acids is 1. The second-order valence-corrected chi connectivity index (χ2v) is 10.3. The van der Waals surface area contributed by atoms with Crippen molar-refractivity contribution in [2.24, 2.45) is 17.3 Å². The lowest BCUT2D eigenvalue weighted by atomic mass is 10.1. The minimum absolute atomic E-state index is 0.117. The van der Waals surface area contributed by atoms with E-state index in [9.17, 15) is 4.79 Å². The summed E-state index contributed by atoms with van der Waals surface area (Å²) < 4.78 is 12.6. The Bertz CT molecular complexity index is 966. The molecule has 1 aliphatic carbocycles. The summed E-state index contributed by atoms with van der Waals surface area (Å²) in [5, 5.41) is 0. The van der Waals surface area contributed by atoms with E-state index in [1.807, 2.05) is 60.7 Å². The van der Waals surface area contributed by atoms with E-state index in [0.717, 1.165) is 14.7 Å². The highest BCUT2D eigenvalue weighted by Crippen LogP contribution is 2.60. The van der Waals surface area contributed by atoms with Crippen LogP contribution in [-0.2, 0) is 9.53 Å². The molecule has 0 amide bonds. The van der Waals surface area contributed by atoms with Crippen molar-refractivity contribution < 1.29 is 14.3 Å². The summed E-state index contributed by atoms with van der Waals surface area (Å²) in [7, 11) is 0. The van der Waals surface area contributed by atoms with Gasteiger partial charge in [0.25, 0.3) is 0 Å². The third kappa shape index (κ3) is 5.32. The van der Waals surface area contributed by atoms with Gasteiger partial charge in [-0.3, -0.25) is 4.79 Å². The summed E-state index contributed by atoms with van der Waals surface area (Å²) in [4.78, 5) is 12.9. The Morgan fingerprint density at radius 1 is 1.10 bits per heavy atom. The fourth-order valence-electron chi connectivity index (χ4n) is 3.44. The molecule has 1 unspecified atom stereocenters. The molecule has 0 spiro atoms. The molecule has 2 aromatic carbocycles. The number of halogens is 2. The number of hydrogen-bond acceptors (Lipinski definition) is 3. The summed E-state index contributed by atoms with van der Waals surface area (Å²) in [6, 6.07) is 17.0. The molecule has 0 N–H and O–H groups in total. The van der Waals surface area contributed by atoms with Gasteiger partial charge in [0.1, 0.15) is 11.5 Å². The predicted molar refractivity (Wildman–Crippen MR) is 122 cm³/mol. The van der Waals surface area contributed by atoms with Crippen molar-refractivity contribution in [3.05, 3.63) is 69.6 Å². The second kappa shape index (κ2) is 9.19. The number of rotatable bonds is 6. The van der Waals surface area contributed by atoms with Crippen LogP contribution in [0.4, 0.5) is 0 Å². The maximum absolute atomic E-state index is 12.9. The van der Waals surface area contributed by atoms with E-state index in [2.05, 4.69) is 57.5 Å². The van der Waals surface area contributed by atoms with Gasteiger partial charge in [-0.15, -0.1) is 5.92 Å². The number of benzene rings is 2. The fourth-order valence-corrected chi connectivity index (χ4v) is 4.01. The first-order chi connectivity index (χ1) is 13.8. The van der Waals surface area contributed by atoms with Gasteiger partial charge >= 0.3 is 5.97 Å². The van der Waals surface area contributed by atoms with Crippen molar-refractivity contribution >= 4 is 37.8 Å². The Hall–Kier alpha value is -2.03. The minimum Gasteiger partial charge on any atom is -0.457 e. The van der Waals surface area contributed by atoms with Crippen LogP contribution in [0.3, 0.4) is 0 Å². The maximum Gasteiger partial charge on any atom is 0.311 e. The van der Waals surface area contributed by atoms with Crippen LogP contribution in [0.5, 0.6) is 11.5 Å². The van der Waals surface area contributed by atoms with Crippen LogP contribution < -0.4 is 4.74 Å². The summed E-state index contributed by atoms with van der Waals surface area (Å²) in [5.74, 6) is 6.97. The second-order valence-electron chi connectivity index (χ2n) is 7.48. The Labute approximate surface area is 188 Å². The first-order valence-corrected chi connectivity index (χ1v) is 10.9. The number of allylic oxidation sites excluding steroid dienone is 1. The monoisotopic (exact) mass is 516 g/mol. The van der Waals surface area contributed by atoms with Crippen LogP contribution in [0.15, 0.2) is 64.1 Å². The molecule has 150 valence electrons.